The van der Waals surface area contributed by atoms with Gasteiger partial charge in [-0.3, -0.25) is 4.79 Å². The summed E-state index contributed by atoms with van der Waals surface area (Å²) < 4.78 is 5.65. The molecule has 4 nitrogen and oxygen atoms in total. The second kappa shape index (κ2) is 4.59. The monoisotopic (exact) mass is 276 g/mol. The molecular weight excluding hydrogens is 264 g/mol. The number of carbonyl (C=O) groups is 1. The average Bonchev–Trinajstić information content (AvgIpc) is 2.94. The van der Waals surface area contributed by atoms with Gasteiger partial charge in [0.15, 0.2) is 5.78 Å². The molecule has 0 saturated carbocycles. The lowest BCUT2D eigenvalue weighted by Crippen LogP contribution is -2.18. The first-order valence-corrected chi connectivity index (χ1v) is 6.72. The standard InChI is InChI=1S/C17H12N2O2/c20-16-12(10-21-15-6-2-1-4-14(15)16)8-11-9-19-17-13(11)5-3-7-18-17/h1-9H,10H2,(H,18,19). The molecule has 21 heavy (non-hydrogen) atoms. The van der Waals surface area contributed by atoms with E-state index in [4.69, 9.17) is 4.74 Å². The molecule has 0 amide bonds. The van der Waals surface area contributed by atoms with Gasteiger partial charge >= 0.3 is 0 Å². The second-order valence-electron chi connectivity index (χ2n) is 4.93. The highest BCUT2D eigenvalue weighted by atomic mass is 16.5. The number of Topliss-reactive ketones (excluding diaryl/α,β-unsaturated/α-hetero) is 1. The summed E-state index contributed by atoms with van der Waals surface area (Å²) in [6.45, 7) is 0.294. The number of nitrogens with zero attached hydrogens (tertiary/aromatic N) is 1. The van der Waals surface area contributed by atoms with Crippen molar-refractivity contribution in [2.75, 3.05) is 6.61 Å². The minimum absolute atomic E-state index is 0.0232. The van der Waals surface area contributed by atoms with E-state index in [1.165, 1.54) is 0 Å². The van der Waals surface area contributed by atoms with Crippen molar-refractivity contribution < 1.29 is 9.53 Å². The SMILES string of the molecule is O=C1C(=Cc2c[nH]c3ncccc23)COc2ccccc21. The first-order valence-electron chi connectivity index (χ1n) is 6.72. The predicted molar refractivity (Wildman–Crippen MR) is 80.3 cm³/mol. The van der Waals surface area contributed by atoms with Gasteiger partial charge < -0.3 is 9.72 Å². The molecule has 0 unspecified atom stereocenters. The van der Waals surface area contributed by atoms with Crippen molar-refractivity contribution in [1.29, 1.82) is 0 Å². The van der Waals surface area contributed by atoms with Crippen LogP contribution in [-0.4, -0.2) is 22.4 Å². The van der Waals surface area contributed by atoms with Crippen LogP contribution in [0.2, 0.25) is 0 Å². The number of ether oxygens (including phenoxy) is 1. The second-order valence-corrected chi connectivity index (χ2v) is 4.93. The Morgan fingerprint density at radius 3 is 3.05 bits per heavy atom. The Balaban J connectivity index is 1.79. The number of hydrogen-bond donors (Lipinski definition) is 1. The van der Waals surface area contributed by atoms with E-state index < -0.39 is 0 Å². The molecule has 4 rings (SSSR count). The van der Waals surface area contributed by atoms with Crippen molar-refractivity contribution in [2.45, 2.75) is 0 Å². The van der Waals surface area contributed by atoms with Crippen molar-refractivity contribution in [2.24, 2.45) is 0 Å². The fourth-order valence-corrected chi connectivity index (χ4v) is 2.57. The van der Waals surface area contributed by atoms with Gasteiger partial charge in [-0.2, -0.15) is 0 Å². The van der Waals surface area contributed by atoms with E-state index in [2.05, 4.69) is 9.97 Å². The highest BCUT2D eigenvalue weighted by Gasteiger charge is 2.22. The summed E-state index contributed by atoms with van der Waals surface area (Å²) in [4.78, 5) is 19.9. The summed E-state index contributed by atoms with van der Waals surface area (Å²) in [5.41, 5.74) is 3.03. The Kier molecular flexibility index (Phi) is 2.60. The van der Waals surface area contributed by atoms with Crippen LogP contribution >= 0.6 is 0 Å². The summed E-state index contributed by atoms with van der Waals surface area (Å²) in [7, 11) is 0. The number of H-pyrrole nitrogens is 1. The number of carbonyl (C=O) groups excluding carboxylic acids is 1. The van der Waals surface area contributed by atoms with Gasteiger partial charge in [0.25, 0.3) is 0 Å². The highest BCUT2D eigenvalue weighted by molar-refractivity contribution is 6.14. The number of rotatable bonds is 1. The minimum atomic E-state index is 0.0232. The molecule has 2 aromatic heterocycles. The molecule has 0 aliphatic carbocycles. The number of benzene rings is 1. The van der Waals surface area contributed by atoms with E-state index >= 15 is 0 Å². The number of hydrogen-bond acceptors (Lipinski definition) is 3. The Labute approximate surface area is 121 Å². The van der Waals surface area contributed by atoms with Crippen LogP contribution in [-0.2, 0) is 0 Å². The van der Waals surface area contributed by atoms with E-state index in [9.17, 15) is 4.79 Å². The molecule has 0 atom stereocenters. The normalized spacial score (nSPS) is 16.0. The molecule has 0 fully saturated rings. The van der Waals surface area contributed by atoms with Crippen molar-refractivity contribution in [1.82, 2.24) is 9.97 Å². The molecule has 0 spiro atoms. The van der Waals surface area contributed by atoms with Gasteiger partial charge in [0.2, 0.25) is 0 Å². The maximum atomic E-state index is 12.5. The number of pyridine rings is 1. The zero-order valence-electron chi connectivity index (χ0n) is 11.2. The lowest BCUT2D eigenvalue weighted by Gasteiger charge is -2.18. The van der Waals surface area contributed by atoms with E-state index in [1.807, 2.05) is 42.6 Å². The van der Waals surface area contributed by atoms with Gasteiger partial charge in [0.05, 0.1) is 5.56 Å². The molecule has 1 aromatic carbocycles. The Bertz CT molecular complexity index is 877. The van der Waals surface area contributed by atoms with Gasteiger partial charge in [-0.25, -0.2) is 4.98 Å². The summed E-state index contributed by atoms with van der Waals surface area (Å²) in [6.07, 6.45) is 5.47. The van der Waals surface area contributed by atoms with Crippen molar-refractivity contribution in [3.05, 3.63) is 65.5 Å². The van der Waals surface area contributed by atoms with Crippen LogP contribution in [0.15, 0.2) is 54.4 Å². The lowest BCUT2D eigenvalue weighted by atomic mass is 9.98. The summed E-state index contributed by atoms with van der Waals surface area (Å²) >= 11 is 0. The van der Waals surface area contributed by atoms with Crippen LogP contribution < -0.4 is 4.74 Å². The third kappa shape index (κ3) is 1.92. The average molecular weight is 276 g/mol. The molecule has 0 radical (unpaired) electrons. The topological polar surface area (TPSA) is 55.0 Å². The van der Waals surface area contributed by atoms with E-state index in [1.54, 1.807) is 12.3 Å². The molecule has 4 heteroatoms. The summed E-state index contributed by atoms with van der Waals surface area (Å²) in [5.74, 6) is 0.676. The van der Waals surface area contributed by atoms with E-state index in [0.29, 0.717) is 23.5 Å². The molecular formula is C17H12N2O2. The molecule has 0 bridgehead atoms. The van der Waals surface area contributed by atoms with Gasteiger partial charge in [-0.1, -0.05) is 12.1 Å². The number of aromatic nitrogens is 2. The first-order chi connectivity index (χ1) is 10.3. The van der Waals surface area contributed by atoms with Crippen LogP contribution in [0.1, 0.15) is 15.9 Å². The summed E-state index contributed by atoms with van der Waals surface area (Å²) in [5, 5.41) is 0.997. The summed E-state index contributed by atoms with van der Waals surface area (Å²) in [6, 6.07) is 11.2. The Morgan fingerprint density at radius 2 is 2.10 bits per heavy atom. The van der Waals surface area contributed by atoms with Gasteiger partial charge in [-0.15, -0.1) is 0 Å². The van der Waals surface area contributed by atoms with Crippen LogP contribution in [0.25, 0.3) is 17.1 Å². The maximum absolute atomic E-state index is 12.5. The molecule has 1 N–H and O–H groups in total. The van der Waals surface area contributed by atoms with Crippen LogP contribution in [0.5, 0.6) is 5.75 Å². The zero-order chi connectivity index (χ0) is 14.2. The van der Waals surface area contributed by atoms with Crippen molar-refractivity contribution >= 4 is 22.9 Å². The number of para-hydroxylation sites is 1. The van der Waals surface area contributed by atoms with Crippen LogP contribution in [0.3, 0.4) is 0 Å². The van der Waals surface area contributed by atoms with E-state index in [0.717, 1.165) is 16.6 Å². The third-order valence-electron chi connectivity index (χ3n) is 3.62. The van der Waals surface area contributed by atoms with Crippen LogP contribution in [0, 0.1) is 0 Å². The van der Waals surface area contributed by atoms with Crippen molar-refractivity contribution in [3.8, 4) is 5.75 Å². The number of fused-ring (bicyclic) bond motifs is 2. The maximum Gasteiger partial charge on any atom is 0.196 e. The predicted octanol–water partition coefficient (Wildman–Crippen LogP) is 3.22. The molecule has 1 aliphatic rings. The van der Waals surface area contributed by atoms with Gasteiger partial charge in [-0.05, 0) is 30.3 Å². The molecule has 3 heterocycles. The quantitative estimate of drug-likeness (QED) is 0.694. The number of nitrogens with one attached hydrogen (secondary N) is 1. The molecule has 0 saturated heterocycles. The fourth-order valence-electron chi connectivity index (χ4n) is 2.57. The largest absolute Gasteiger partial charge is 0.488 e. The Morgan fingerprint density at radius 1 is 1.19 bits per heavy atom. The lowest BCUT2D eigenvalue weighted by molar-refractivity contribution is 0.100. The third-order valence-corrected chi connectivity index (χ3v) is 3.62. The number of ketones is 1. The van der Waals surface area contributed by atoms with E-state index in [-0.39, 0.29) is 5.78 Å². The highest BCUT2D eigenvalue weighted by Crippen LogP contribution is 2.28. The van der Waals surface area contributed by atoms with Gasteiger partial charge in [0, 0.05) is 28.9 Å². The molecule has 102 valence electrons. The fraction of sp³-hybridized carbons (Fsp3) is 0.0588. The van der Waals surface area contributed by atoms with Crippen LogP contribution in [0.4, 0.5) is 0 Å². The number of aromatic amines is 1. The first kappa shape index (κ1) is 11.9. The van der Waals surface area contributed by atoms with Gasteiger partial charge in [0.1, 0.15) is 18.0 Å². The molecule has 3 aromatic rings. The van der Waals surface area contributed by atoms with Crippen molar-refractivity contribution in [3.63, 3.8) is 0 Å². The molecule has 1 aliphatic heterocycles. The zero-order valence-corrected chi connectivity index (χ0v) is 11.2. The smallest absolute Gasteiger partial charge is 0.196 e. The Hall–Kier alpha value is -2.88. The minimum Gasteiger partial charge on any atom is -0.488 e.